The Morgan fingerprint density at radius 3 is 2.68 bits per heavy atom. The summed E-state index contributed by atoms with van der Waals surface area (Å²) in [7, 11) is 5.23. The number of furan rings is 1. The first-order valence-corrected chi connectivity index (χ1v) is 12.0. The normalized spacial score (nSPS) is 17.5. The van der Waals surface area contributed by atoms with Crippen LogP contribution in [0, 0.1) is 0 Å². The highest BCUT2D eigenvalue weighted by molar-refractivity contribution is 5.94. The van der Waals surface area contributed by atoms with Gasteiger partial charge in [0.15, 0.2) is 0 Å². The van der Waals surface area contributed by atoms with Gasteiger partial charge in [0.25, 0.3) is 0 Å². The van der Waals surface area contributed by atoms with Crippen molar-refractivity contribution in [1.82, 2.24) is 20.2 Å². The minimum absolute atomic E-state index is 0.252. The van der Waals surface area contributed by atoms with Crippen LogP contribution in [0.5, 0.6) is 11.5 Å². The molecular weight excluding hydrogens is 470 g/mol. The molecule has 4 aromatic rings. The lowest BCUT2D eigenvalue weighted by molar-refractivity contribution is -0.120. The van der Waals surface area contributed by atoms with Crippen molar-refractivity contribution in [2.45, 2.75) is 18.5 Å². The van der Waals surface area contributed by atoms with Crippen LogP contribution in [0.15, 0.2) is 72.1 Å². The van der Waals surface area contributed by atoms with Crippen molar-refractivity contribution in [3.8, 4) is 22.8 Å². The van der Waals surface area contributed by atoms with E-state index in [0.717, 1.165) is 47.3 Å². The van der Waals surface area contributed by atoms with Crippen LogP contribution in [-0.4, -0.2) is 48.6 Å². The number of amides is 1. The van der Waals surface area contributed by atoms with Crippen LogP contribution in [0.25, 0.3) is 22.2 Å². The fraction of sp³-hybridized carbons (Fsp3) is 0.250. The Balaban J connectivity index is 1.64. The summed E-state index contributed by atoms with van der Waals surface area (Å²) in [5, 5.41) is 7.35. The molecule has 2 aromatic heterocycles. The zero-order valence-electron chi connectivity index (χ0n) is 21.1. The van der Waals surface area contributed by atoms with Gasteiger partial charge in [-0.2, -0.15) is 0 Å². The van der Waals surface area contributed by atoms with Gasteiger partial charge in [0, 0.05) is 29.1 Å². The van der Waals surface area contributed by atoms with Crippen molar-refractivity contribution in [2.75, 3.05) is 33.1 Å². The molecule has 9 heteroatoms. The predicted molar refractivity (Wildman–Crippen MR) is 142 cm³/mol. The number of methoxy groups -OCH3 is 2. The highest BCUT2D eigenvalue weighted by Gasteiger charge is 2.43. The molecule has 0 unspecified atom stereocenters. The Labute approximate surface area is 215 Å². The van der Waals surface area contributed by atoms with Crippen LogP contribution in [0.3, 0.4) is 0 Å². The van der Waals surface area contributed by atoms with Crippen LogP contribution in [-0.2, 0) is 10.5 Å². The summed E-state index contributed by atoms with van der Waals surface area (Å²) in [4.78, 5) is 23.7. The molecule has 1 atom stereocenters. The molecule has 1 saturated heterocycles. The fourth-order valence-electron chi connectivity index (χ4n) is 4.98. The van der Waals surface area contributed by atoms with Gasteiger partial charge in [0.1, 0.15) is 35.1 Å². The molecule has 0 bridgehead atoms. The van der Waals surface area contributed by atoms with E-state index >= 15 is 0 Å². The molecule has 2 aromatic carbocycles. The quantitative estimate of drug-likeness (QED) is 0.333. The number of hydrogen-bond donors (Lipinski definition) is 2. The molecule has 9 nitrogen and oxygen atoms in total. The zero-order chi connectivity index (χ0) is 26.0. The Morgan fingerprint density at radius 1 is 1.16 bits per heavy atom. The summed E-state index contributed by atoms with van der Waals surface area (Å²) in [6.45, 7) is 4.46. The number of rotatable bonds is 8. The van der Waals surface area contributed by atoms with Gasteiger partial charge in [-0.15, -0.1) is 0 Å². The Kier molecular flexibility index (Phi) is 6.54. The number of benzene rings is 2. The second-order valence-corrected chi connectivity index (χ2v) is 8.89. The average molecular weight is 500 g/mol. The van der Waals surface area contributed by atoms with Crippen LogP contribution in [0.4, 0.5) is 11.5 Å². The Bertz CT molecular complexity index is 1450. The third-order valence-corrected chi connectivity index (χ3v) is 6.86. The van der Waals surface area contributed by atoms with Crippen LogP contribution in [0.1, 0.15) is 18.4 Å². The summed E-state index contributed by atoms with van der Waals surface area (Å²) in [6.07, 6.45) is 6.07. The maximum Gasteiger partial charge on any atom is 0.245 e. The van der Waals surface area contributed by atoms with E-state index in [4.69, 9.17) is 13.9 Å². The Hall–Kier alpha value is -4.37. The third kappa shape index (κ3) is 4.38. The highest BCUT2D eigenvalue weighted by Crippen LogP contribution is 2.43. The molecule has 1 aliphatic rings. The van der Waals surface area contributed by atoms with Crippen LogP contribution < -0.4 is 20.1 Å². The maximum absolute atomic E-state index is 12.5. The molecule has 1 amide bonds. The van der Waals surface area contributed by atoms with Crippen molar-refractivity contribution in [3.63, 3.8) is 0 Å². The Morgan fingerprint density at radius 2 is 2.00 bits per heavy atom. The van der Waals surface area contributed by atoms with Crippen molar-refractivity contribution in [1.29, 1.82) is 0 Å². The van der Waals surface area contributed by atoms with E-state index < -0.39 is 5.66 Å². The first-order chi connectivity index (χ1) is 18.0. The van der Waals surface area contributed by atoms with Gasteiger partial charge in [-0.1, -0.05) is 6.58 Å². The van der Waals surface area contributed by atoms with Crippen molar-refractivity contribution >= 4 is 28.3 Å². The lowest BCUT2D eigenvalue weighted by Gasteiger charge is -2.38. The van der Waals surface area contributed by atoms with E-state index in [1.165, 1.54) is 12.4 Å². The SMILES string of the molecule is C=CC(=O)N[C@]1(c2cc3c(Nc4cc(-c5ccco5)ccc4OC)ncnc3cc2OC)CCCN1C. The number of nitrogens with one attached hydrogen (secondary N) is 2. The number of carbonyl (C=O) groups excluding carboxylic acids is 1. The van der Waals surface area contributed by atoms with E-state index in [2.05, 4.69) is 32.1 Å². The second kappa shape index (κ2) is 9.94. The minimum Gasteiger partial charge on any atom is -0.496 e. The van der Waals surface area contributed by atoms with Gasteiger partial charge in [-0.05, 0) is 62.4 Å². The standard InChI is InChI=1S/C28H29N5O4/c1-5-26(34)32-28(11-7-12-33(28)2)20-15-19-21(16-25(20)36-4)29-17-30-27(19)31-22-14-18(9-10-24(22)35-3)23-8-6-13-37-23/h5-6,8-10,13-17H,1,7,11-12H2,2-4H3,(H,32,34)(H,29,30,31)/t28-/m1/s1. The summed E-state index contributed by atoms with van der Waals surface area (Å²) < 4.78 is 17.0. The summed E-state index contributed by atoms with van der Waals surface area (Å²) in [6, 6.07) is 13.4. The largest absolute Gasteiger partial charge is 0.496 e. The number of hydrogen-bond acceptors (Lipinski definition) is 8. The molecule has 0 radical (unpaired) electrons. The lowest BCUT2D eigenvalue weighted by Crippen LogP contribution is -2.53. The second-order valence-electron chi connectivity index (χ2n) is 8.89. The first kappa shape index (κ1) is 24.3. The number of anilines is 2. The molecular formula is C28H29N5O4. The molecule has 1 aliphatic heterocycles. The van der Waals surface area contributed by atoms with E-state index in [-0.39, 0.29) is 5.91 Å². The highest BCUT2D eigenvalue weighted by atomic mass is 16.5. The van der Waals surface area contributed by atoms with Gasteiger partial charge < -0.3 is 24.5 Å². The number of carbonyl (C=O) groups is 1. The molecule has 0 aliphatic carbocycles. The van der Waals surface area contributed by atoms with Crippen molar-refractivity contribution < 1.29 is 18.7 Å². The lowest BCUT2D eigenvalue weighted by atomic mass is 9.93. The number of nitrogens with zero attached hydrogens (tertiary/aromatic N) is 3. The maximum atomic E-state index is 12.5. The number of likely N-dealkylation sites (tertiary alicyclic amines) is 1. The monoisotopic (exact) mass is 499 g/mol. The van der Waals surface area contributed by atoms with E-state index in [9.17, 15) is 4.79 Å². The smallest absolute Gasteiger partial charge is 0.245 e. The number of fused-ring (bicyclic) bond motifs is 1. The van der Waals surface area contributed by atoms with Gasteiger partial charge in [-0.3, -0.25) is 9.69 Å². The van der Waals surface area contributed by atoms with Crippen molar-refractivity contribution in [3.05, 3.63) is 73.3 Å². The number of aromatic nitrogens is 2. The zero-order valence-corrected chi connectivity index (χ0v) is 21.1. The molecule has 5 rings (SSSR count). The van der Waals surface area contributed by atoms with Gasteiger partial charge >= 0.3 is 0 Å². The summed E-state index contributed by atoms with van der Waals surface area (Å²) in [5.74, 6) is 2.37. The van der Waals surface area contributed by atoms with Gasteiger partial charge in [-0.25, -0.2) is 9.97 Å². The van der Waals surface area contributed by atoms with E-state index in [1.54, 1.807) is 20.5 Å². The molecule has 0 saturated carbocycles. The summed E-state index contributed by atoms with van der Waals surface area (Å²) >= 11 is 0. The van der Waals surface area contributed by atoms with E-state index in [0.29, 0.717) is 22.8 Å². The molecule has 3 heterocycles. The van der Waals surface area contributed by atoms with Crippen LogP contribution >= 0.6 is 0 Å². The molecule has 0 spiro atoms. The summed E-state index contributed by atoms with van der Waals surface area (Å²) in [5.41, 5.74) is 2.39. The molecule has 2 N–H and O–H groups in total. The molecule has 1 fully saturated rings. The number of ether oxygens (including phenoxy) is 2. The van der Waals surface area contributed by atoms with Crippen molar-refractivity contribution in [2.24, 2.45) is 0 Å². The topological polar surface area (TPSA) is 102 Å². The van der Waals surface area contributed by atoms with Gasteiger partial charge in [0.2, 0.25) is 5.91 Å². The minimum atomic E-state index is -0.755. The van der Waals surface area contributed by atoms with Gasteiger partial charge in [0.05, 0.1) is 31.7 Å². The third-order valence-electron chi connectivity index (χ3n) is 6.86. The molecule has 37 heavy (non-hydrogen) atoms. The molecule has 190 valence electrons. The predicted octanol–water partition coefficient (Wildman–Crippen LogP) is 4.83. The first-order valence-electron chi connectivity index (χ1n) is 12.0. The van der Waals surface area contributed by atoms with Crippen LogP contribution in [0.2, 0.25) is 0 Å². The van der Waals surface area contributed by atoms with E-state index in [1.807, 2.05) is 49.5 Å². The fourth-order valence-corrected chi connectivity index (χ4v) is 4.98. The average Bonchev–Trinajstić information content (AvgIpc) is 3.59.